The van der Waals surface area contributed by atoms with E-state index in [1.54, 1.807) is 0 Å². The highest BCUT2D eigenvalue weighted by atomic mass is 35.5. The first-order chi connectivity index (χ1) is 12.2. The van der Waals surface area contributed by atoms with E-state index in [1.807, 2.05) is 12.3 Å². The molecule has 1 aromatic heterocycles. The number of hydrogen-bond acceptors (Lipinski definition) is 4. The van der Waals surface area contributed by atoms with E-state index in [-0.39, 0.29) is 30.7 Å². The van der Waals surface area contributed by atoms with Crippen LogP contribution in [0.2, 0.25) is 0 Å². The maximum Gasteiger partial charge on any atom is 0.220 e. The summed E-state index contributed by atoms with van der Waals surface area (Å²) in [5.41, 5.74) is 1.14. The van der Waals surface area contributed by atoms with Crippen LogP contribution in [0.15, 0.2) is 18.3 Å². The van der Waals surface area contributed by atoms with E-state index in [4.69, 9.17) is 0 Å². The fourth-order valence-corrected chi connectivity index (χ4v) is 3.96. The standard InChI is InChI=1S/C20H32N4O.2ClH/c1-16(18-6-5-8-21-15-18)12-20(25)23-14-17-7-9-22-19(13-17)24-10-3-2-4-11-24;;/h7,9,13,16,18,21H,2-6,8,10-12,14-15H2,1H3,(H,23,25);2*1H. The average Bonchev–Trinajstić information content (AvgIpc) is 2.68. The molecule has 0 saturated carbocycles. The van der Waals surface area contributed by atoms with Crippen molar-refractivity contribution in [1.29, 1.82) is 0 Å². The van der Waals surface area contributed by atoms with Crippen molar-refractivity contribution in [3.8, 4) is 0 Å². The molecule has 0 radical (unpaired) electrons. The second-order valence-corrected chi connectivity index (χ2v) is 7.63. The van der Waals surface area contributed by atoms with Crippen molar-refractivity contribution in [2.45, 2.75) is 52.0 Å². The Morgan fingerprint density at radius 2 is 2.07 bits per heavy atom. The van der Waals surface area contributed by atoms with E-state index in [2.05, 4.69) is 33.5 Å². The summed E-state index contributed by atoms with van der Waals surface area (Å²) in [5, 5.41) is 6.53. The molecule has 0 aliphatic carbocycles. The van der Waals surface area contributed by atoms with Crippen LogP contribution in [0.25, 0.3) is 0 Å². The van der Waals surface area contributed by atoms with Crippen molar-refractivity contribution in [2.75, 3.05) is 31.1 Å². The van der Waals surface area contributed by atoms with Crippen LogP contribution in [0.3, 0.4) is 0 Å². The van der Waals surface area contributed by atoms with Gasteiger partial charge < -0.3 is 15.5 Å². The Morgan fingerprint density at radius 3 is 2.78 bits per heavy atom. The normalized spacial score (nSPS) is 20.8. The highest BCUT2D eigenvalue weighted by Gasteiger charge is 2.22. The Kier molecular flexibility index (Phi) is 11.0. The first kappa shape index (κ1) is 24.0. The number of carbonyl (C=O) groups is 1. The zero-order valence-electron chi connectivity index (χ0n) is 16.3. The molecular weight excluding hydrogens is 383 g/mol. The molecule has 0 spiro atoms. The molecule has 3 rings (SSSR count). The van der Waals surface area contributed by atoms with Crippen LogP contribution in [0.1, 0.15) is 51.0 Å². The Balaban J connectivity index is 0.00000182. The van der Waals surface area contributed by atoms with E-state index >= 15 is 0 Å². The van der Waals surface area contributed by atoms with E-state index in [9.17, 15) is 4.79 Å². The zero-order chi connectivity index (χ0) is 17.5. The van der Waals surface area contributed by atoms with E-state index in [1.165, 1.54) is 32.1 Å². The summed E-state index contributed by atoms with van der Waals surface area (Å²) in [7, 11) is 0. The number of piperidine rings is 2. The van der Waals surface area contributed by atoms with Gasteiger partial charge in [-0.15, -0.1) is 24.8 Å². The largest absolute Gasteiger partial charge is 0.357 e. The number of amides is 1. The summed E-state index contributed by atoms with van der Waals surface area (Å²) in [6.45, 7) is 7.16. The molecule has 0 aromatic carbocycles. The van der Waals surface area contributed by atoms with Crippen molar-refractivity contribution < 1.29 is 4.79 Å². The summed E-state index contributed by atoms with van der Waals surface area (Å²) < 4.78 is 0. The molecule has 2 N–H and O–H groups in total. The number of halogens is 2. The molecule has 2 aliphatic rings. The lowest BCUT2D eigenvalue weighted by Gasteiger charge is -2.28. The molecule has 2 unspecified atom stereocenters. The van der Waals surface area contributed by atoms with Crippen LogP contribution in [0.5, 0.6) is 0 Å². The SMILES string of the molecule is CC(CC(=O)NCc1ccnc(N2CCCCC2)c1)C1CCCNC1.Cl.Cl. The van der Waals surface area contributed by atoms with Gasteiger partial charge in [-0.2, -0.15) is 0 Å². The van der Waals surface area contributed by atoms with Gasteiger partial charge >= 0.3 is 0 Å². The number of aromatic nitrogens is 1. The van der Waals surface area contributed by atoms with Gasteiger partial charge in [0.2, 0.25) is 5.91 Å². The second kappa shape index (κ2) is 12.4. The average molecular weight is 417 g/mol. The van der Waals surface area contributed by atoms with Crippen LogP contribution in [0, 0.1) is 11.8 Å². The minimum atomic E-state index is 0. The lowest BCUT2D eigenvalue weighted by Crippen LogP contribution is -2.35. The summed E-state index contributed by atoms with van der Waals surface area (Å²) in [6.07, 6.45) is 8.77. The fourth-order valence-electron chi connectivity index (χ4n) is 3.96. The lowest BCUT2D eigenvalue weighted by molar-refractivity contribution is -0.122. The number of hydrogen-bond donors (Lipinski definition) is 2. The first-order valence-electron chi connectivity index (χ1n) is 9.89. The van der Waals surface area contributed by atoms with Gasteiger partial charge in [0.15, 0.2) is 0 Å². The number of nitrogens with one attached hydrogen (secondary N) is 2. The van der Waals surface area contributed by atoms with Crippen LogP contribution in [0.4, 0.5) is 5.82 Å². The van der Waals surface area contributed by atoms with Crippen LogP contribution in [-0.4, -0.2) is 37.1 Å². The summed E-state index contributed by atoms with van der Waals surface area (Å²) >= 11 is 0. The maximum absolute atomic E-state index is 12.3. The van der Waals surface area contributed by atoms with Gasteiger partial charge in [-0.25, -0.2) is 4.98 Å². The van der Waals surface area contributed by atoms with Crippen molar-refractivity contribution >= 4 is 36.5 Å². The third-order valence-corrected chi connectivity index (χ3v) is 5.63. The number of rotatable bonds is 6. The molecule has 154 valence electrons. The third kappa shape index (κ3) is 7.47. The predicted molar refractivity (Wildman–Crippen MR) is 116 cm³/mol. The predicted octanol–water partition coefficient (Wildman–Crippen LogP) is 3.56. The number of nitrogens with zero attached hydrogens (tertiary/aromatic N) is 2. The topological polar surface area (TPSA) is 57.3 Å². The number of pyridine rings is 1. The van der Waals surface area contributed by atoms with Crippen molar-refractivity contribution in [3.05, 3.63) is 23.9 Å². The van der Waals surface area contributed by atoms with Gasteiger partial charge in [-0.3, -0.25) is 4.79 Å². The Bertz CT molecular complexity index is 561. The fraction of sp³-hybridized carbons (Fsp3) is 0.700. The molecular formula is C20H34Cl2N4O. The van der Waals surface area contributed by atoms with Gasteiger partial charge in [0, 0.05) is 32.3 Å². The highest BCUT2D eigenvalue weighted by Crippen LogP contribution is 2.22. The van der Waals surface area contributed by atoms with E-state index in [0.717, 1.165) is 37.6 Å². The molecule has 27 heavy (non-hydrogen) atoms. The quantitative estimate of drug-likeness (QED) is 0.743. The van der Waals surface area contributed by atoms with Crippen LogP contribution in [-0.2, 0) is 11.3 Å². The van der Waals surface area contributed by atoms with Crippen molar-refractivity contribution in [1.82, 2.24) is 15.6 Å². The smallest absolute Gasteiger partial charge is 0.220 e. The van der Waals surface area contributed by atoms with Gasteiger partial charge in [0.25, 0.3) is 0 Å². The van der Waals surface area contributed by atoms with Crippen LogP contribution >= 0.6 is 24.8 Å². The van der Waals surface area contributed by atoms with Crippen LogP contribution < -0.4 is 15.5 Å². The third-order valence-electron chi connectivity index (χ3n) is 5.63. The first-order valence-corrected chi connectivity index (χ1v) is 9.89. The minimum absolute atomic E-state index is 0. The van der Waals surface area contributed by atoms with E-state index < -0.39 is 0 Å². The van der Waals surface area contributed by atoms with Gasteiger partial charge in [0.1, 0.15) is 5.82 Å². The highest BCUT2D eigenvalue weighted by molar-refractivity contribution is 5.85. The molecule has 1 amide bonds. The molecule has 2 fully saturated rings. The van der Waals surface area contributed by atoms with Crippen molar-refractivity contribution in [2.24, 2.45) is 11.8 Å². The molecule has 2 atom stereocenters. The van der Waals surface area contributed by atoms with Gasteiger partial charge in [-0.1, -0.05) is 6.92 Å². The molecule has 2 saturated heterocycles. The summed E-state index contributed by atoms with van der Waals surface area (Å²) in [4.78, 5) is 19.2. The second-order valence-electron chi connectivity index (χ2n) is 7.63. The maximum atomic E-state index is 12.3. The van der Waals surface area contributed by atoms with Gasteiger partial charge in [-0.05, 0) is 74.7 Å². The molecule has 1 aromatic rings. The lowest BCUT2D eigenvalue weighted by atomic mass is 9.85. The summed E-state index contributed by atoms with van der Waals surface area (Å²) in [5.74, 6) is 2.28. The number of carbonyl (C=O) groups excluding carboxylic acids is 1. The van der Waals surface area contributed by atoms with E-state index in [0.29, 0.717) is 24.8 Å². The minimum Gasteiger partial charge on any atom is -0.357 e. The molecule has 0 bridgehead atoms. The van der Waals surface area contributed by atoms with Crippen molar-refractivity contribution in [3.63, 3.8) is 0 Å². The van der Waals surface area contributed by atoms with Gasteiger partial charge in [0.05, 0.1) is 0 Å². The number of anilines is 1. The summed E-state index contributed by atoms with van der Waals surface area (Å²) in [6, 6.07) is 4.13. The molecule has 5 nitrogen and oxygen atoms in total. The Hall–Kier alpha value is -1.04. The molecule has 7 heteroatoms. The Labute approximate surface area is 175 Å². The molecule has 2 aliphatic heterocycles. The molecule has 3 heterocycles. The Morgan fingerprint density at radius 1 is 1.30 bits per heavy atom. The zero-order valence-corrected chi connectivity index (χ0v) is 17.9. The monoisotopic (exact) mass is 416 g/mol.